The number of nitrogens with zero attached hydrogens (tertiary/aromatic N) is 2. The van der Waals surface area contributed by atoms with Gasteiger partial charge in [-0.1, -0.05) is 13.8 Å². The Hall–Kier alpha value is -0.810. The standard InChI is InChI=1S/C12H21N3OS/c1-4-5-13-11-6-9(2)14-12(15-11)8-17-10(3)7-16/h6,10,16H,4-5,7-8H2,1-3H3,(H,13,14,15). The van der Waals surface area contributed by atoms with Crippen molar-refractivity contribution in [2.45, 2.75) is 38.2 Å². The number of aromatic nitrogens is 2. The van der Waals surface area contributed by atoms with Gasteiger partial charge in [0, 0.05) is 23.6 Å². The molecule has 0 saturated heterocycles. The van der Waals surface area contributed by atoms with E-state index in [1.54, 1.807) is 11.8 Å². The van der Waals surface area contributed by atoms with Gasteiger partial charge in [0.15, 0.2) is 0 Å². The Morgan fingerprint density at radius 1 is 1.47 bits per heavy atom. The summed E-state index contributed by atoms with van der Waals surface area (Å²) in [5, 5.41) is 12.5. The van der Waals surface area contributed by atoms with E-state index in [-0.39, 0.29) is 11.9 Å². The highest BCUT2D eigenvalue weighted by atomic mass is 32.2. The van der Waals surface area contributed by atoms with Crippen molar-refractivity contribution in [2.24, 2.45) is 0 Å². The molecule has 0 amide bonds. The highest BCUT2D eigenvalue weighted by molar-refractivity contribution is 7.99. The molecular weight excluding hydrogens is 234 g/mol. The van der Waals surface area contributed by atoms with Gasteiger partial charge >= 0.3 is 0 Å². The van der Waals surface area contributed by atoms with E-state index in [0.717, 1.165) is 36.1 Å². The van der Waals surface area contributed by atoms with Crippen molar-refractivity contribution in [3.63, 3.8) is 0 Å². The van der Waals surface area contributed by atoms with Crippen LogP contribution in [-0.2, 0) is 5.75 Å². The number of aliphatic hydroxyl groups is 1. The summed E-state index contributed by atoms with van der Waals surface area (Å²) in [6.07, 6.45) is 1.08. The lowest BCUT2D eigenvalue weighted by Crippen LogP contribution is -2.07. The van der Waals surface area contributed by atoms with E-state index < -0.39 is 0 Å². The number of aryl methyl sites for hydroxylation is 1. The van der Waals surface area contributed by atoms with Crippen molar-refractivity contribution in [3.8, 4) is 0 Å². The van der Waals surface area contributed by atoms with Crippen LogP contribution < -0.4 is 5.32 Å². The molecular formula is C12H21N3OS. The van der Waals surface area contributed by atoms with Crippen LogP contribution in [0.2, 0.25) is 0 Å². The third-order valence-corrected chi connectivity index (χ3v) is 3.35. The van der Waals surface area contributed by atoms with E-state index in [0.29, 0.717) is 0 Å². The van der Waals surface area contributed by atoms with E-state index in [4.69, 9.17) is 5.11 Å². The average Bonchev–Trinajstić information content (AvgIpc) is 2.32. The second-order valence-corrected chi connectivity index (χ2v) is 5.47. The number of hydrogen-bond acceptors (Lipinski definition) is 5. The third-order valence-electron chi connectivity index (χ3n) is 2.21. The van der Waals surface area contributed by atoms with Crippen LogP contribution in [-0.4, -0.2) is 33.5 Å². The molecule has 0 fully saturated rings. The van der Waals surface area contributed by atoms with Crippen LogP contribution in [0, 0.1) is 6.92 Å². The SMILES string of the molecule is CCCNc1cc(C)nc(CSC(C)CO)n1. The van der Waals surface area contributed by atoms with Gasteiger partial charge in [-0.2, -0.15) is 0 Å². The largest absolute Gasteiger partial charge is 0.395 e. The number of aliphatic hydroxyl groups excluding tert-OH is 1. The minimum absolute atomic E-state index is 0.192. The quantitative estimate of drug-likeness (QED) is 0.782. The molecule has 0 radical (unpaired) electrons. The van der Waals surface area contributed by atoms with Crippen LogP contribution in [0.25, 0.3) is 0 Å². The van der Waals surface area contributed by atoms with Crippen LogP contribution in [0.15, 0.2) is 6.07 Å². The Kier molecular flexibility index (Phi) is 6.29. The zero-order chi connectivity index (χ0) is 12.7. The molecule has 1 aromatic heterocycles. The summed E-state index contributed by atoms with van der Waals surface area (Å²) in [4.78, 5) is 8.85. The molecule has 0 aliphatic carbocycles. The van der Waals surface area contributed by atoms with Crippen molar-refractivity contribution < 1.29 is 5.11 Å². The number of thioether (sulfide) groups is 1. The molecule has 96 valence electrons. The Labute approximate surface area is 107 Å². The van der Waals surface area contributed by atoms with Gasteiger partial charge < -0.3 is 10.4 Å². The summed E-state index contributed by atoms with van der Waals surface area (Å²) in [6, 6.07) is 1.96. The van der Waals surface area contributed by atoms with Gasteiger partial charge in [-0.15, -0.1) is 11.8 Å². The van der Waals surface area contributed by atoms with Crippen LogP contribution in [0.5, 0.6) is 0 Å². The van der Waals surface area contributed by atoms with E-state index in [2.05, 4.69) is 22.2 Å². The molecule has 1 aromatic rings. The fourth-order valence-electron chi connectivity index (χ4n) is 1.31. The van der Waals surface area contributed by atoms with Crippen molar-refractivity contribution in [2.75, 3.05) is 18.5 Å². The zero-order valence-corrected chi connectivity index (χ0v) is 11.5. The number of rotatable bonds is 7. The Bertz CT molecular complexity index is 347. The molecule has 1 heterocycles. The predicted molar refractivity (Wildman–Crippen MR) is 73.4 cm³/mol. The van der Waals surface area contributed by atoms with Gasteiger partial charge in [0.2, 0.25) is 0 Å². The summed E-state index contributed by atoms with van der Waals surface area (Å²) >= 11 is 1.67. The van der Waals surface area contributed by atoms with Crippen molar-refractivity contribution in [1.82, 2.24) is 9.97 Å². The Morgan fingerprint density at radius 2 is 2.24 bits per heavy atom. The van der Waals surface area contributed by atoms with E-state index in [1.165, 1.54) is 0 Å². The normalized spacial score (nSPS) is 12.5. The summed E-state index contributed by atoms with van der Waals surface area (Å²) in [5.74, 6) is 2.46. The molecule has 5 heteroatoms. The molecule has 0 bridgehead atoms. The van der Waals surface area contributed by atoms with Crippen LogP contribution in [0.4, 0.5) is 5.82 Å². The van der Waals surface area contributed by atoms with Crippen molar-refractivity contribution in [3.05, 3.63) is 17.6 Å². The molecule has 0 aliphatic heterocycles. The summed E-state index contributed by atoms with van der Waals surface area (Å²) in [6.45, 7) is 7.22. The minimum Gasteiger partial charge on any atom is -0.395 e. The zero-order valence-electron chi connectivity index (χ0n) is 10.7. The first-order valence-corrected chi connectivity index (χ1v) is 7.01. The lowest BCUT2D eigenvalue weighted by atomic mass is 10.4. The molecule has 0 aliphatic rings. The Morgan fingerprint density at radius 3 is 2.88 bits per heavy atom. The van der Waals surface area contributed by atoms with Crippen LogP contribution in [0.1, 0.15) is 31.8 Å². The summed E-state index contributed by atoms with van der Waals surface area (Å²) in [7, 11) is 0. The lowest BCUT2D eigenvalue weighted by Gasteiger charge is -2.09. The average molecular weight is 255 g/mol. The van der Waals surface area contributed by atoms with Crippen molar-refractivity contribution >= 4 is 17.6 Å². The van der Waals surface area contributed by atoms with Gasteiger partial charge in [0.25, 0.3) is 0 Å². The third kappa shape index (κ3) is 5.37. The monoisotopic (exact) mass is 255 g/mol. The highest BCUT2D eigenvalue weighted by Gasteiger charge is 2.05. The minimum atomic E-state index is 0.192. The predicted octanol–water partition coefficient (Wildman–Crippen LogP) is 2.22. The van der Waals surface area contributed by atoms with Gasteiger partial charge in [0.05, 0.1) is 12.4 Å². The topological polar surface area (TPSA) is 58.0 Å². The van der Waals surface area contributed by atoms with E-state index in [1.807, 2.05) is 19.9 Å². The maximum absolute atomic E-state index is 8.96. The maximum Gasteiger partial charge on any atom is 0.140 e. The van der Waals surface area contributed by atoms with Crippen LogP contribution in [0.3, 0.4) is 0 Å². The molecule has 0 spiro atoms. The first-order chi connectivity index (χ1) is 8.15. The molecule has 0 saturated carbocycles. The molecule has 0 aromatic carbocycles. The Balaban J connectivity index is 2.61. The molecule has 4 nitrogen and oxygen atoms in total. The molecule has 17 heavy (non-hydrogen) atoms. The van der Waals surface area contributed by atoms with Crippen molar-refractivity contribution in [1.29, 1.82) is 0 Å². The number of anilines is 1. The number of nitrogens with one attached hydrogen (secondary N) is 1. The number of hydrogen-bond donors (Lipinski definition) is 2. The maximum atomic E-state index is 8.96. The first-order valence-electron chi connectivity index (χ1n) is 5.96. The highest BCUT2D eigenvalue weighted by Crippen LogP contribution is 2.16. The van der Waals surface area contributed by atoms with E-state index in [9.17, 15) is 0 Å². The molecule has 1 atom stereocenters. The fourth-order valence-corrected chi connectivity index (χ4v) is 1.98. The first kappa shape index (κ1) is 14.3. The fraction of sp³-hybridized carbons (Fsp3) is 0.667. The van der Waals surface area contributed by atoms with Gasteiger partial charge in [0.1, 0.15) is 11.6 Å². The molecule has 1 unspecified atom stereocenters. The summed E-state index contributed by atoms with van der Waals surface area (Å²) in [5.41, 5.74) is 0.978. The van der Waals surface area contributed by atoms with Gasteiger partial charge in [-0.25, -0.2) is 9.97 Å². The summed E-state index contributed by atoms with van der Waals surface area (Å²) < 4.78 is 0. The second kappa shape index (κ2) is 7.50. The molecule has 2 N–H and O–H groups in total. The smallest absolute Gasteiger partial charge is 0.140 e. The van der Waals surface area contributed by atoms with Gasteiger partial charge in [-0.05, 0) is 13.3 Å². The van der Waals surface area contributed by atoms with E-state index >= 15 is 0 Å². The molecule has 1 rings (SSSR count). The van der Waals surface area contributed by atoms with Gasteiger partial charge in [-0.3, -0.25) is 0 Å². The van der Waals surface area contributed by atoms with Crippen LogP contribution >= 0.6 is 11.8 Å². The second-order valence-electron chi connectivity index (χ2n) is 4.04. The lowest BCUT2D eigenvalue weighted by molar-refractivity contribution is 0.300.